The maximum Gasteiger partial charge on any atom is 0.241 e. The highest BCUT2D eigenvalue weighted by molar-refractivity contribution is 9.11. The second-order valence-corrected chi connectivity index (χ2v) is 5.44. The number of para-hydroxylation sites is 1. The van der Waals surface area contributed by atoms with Gasteiger partial charge >= 0.3 is 0 Å². The van der Waals surface area contributed by atoms with E-state index in [1.54, 1.807) is 0 Å². The minimum atomic E-state index is -0.0565. The number of amides is 1. The zero-order valence-electron chi connectivity index (χ0n) is 8.59. The van der Waals surface area contributed by atoms with Gasteiger partial charge < -0.3 is 10.6 Å². The van der Waals surface area contributed by atoms with E-state index in [1.165, 1.54) is 0 Å². The lowest BCUT2D eigenvalue weighted by Gasteiger charge is -2.13. The van der Waals surface area contributed by atoms with Gasteiger partial charge in [-0.15, -0.1) is 0 Å². The van der Waals surface area contributed by atoms with E-state index in [4.69, 9.17) is 0 Å². The standard InChI is InChI=1S/C11H12Br2N2O/c12-7-3-1-4-8(13)10(7)15-11(16)9-5-2-6-14-9/h1,3-4,9,14H,2,5-6H2,(H,15,16). The van der Waals surface area contributed by atoms with Crippen molar-refractivity contribution in [2.75, 3.05) is 11.9 Å². The highest BCUT2D eigenvalue weighted by atomic mass is 79.9. The van der Waals surface area contributed by atoms with Crippen molar-refractivity contribution in [1.82, 2.24) is 5.32 Å². The van der Waals surface area contributed by atoms with E-state index in [0.717, 1.165) is 34.0 Å². The summed E-state index contributed by atoms with van der Waals surface area (Å²) >= 11 is 6.84. The Hall–Kier alpha value is -0.390. The maximum atomic E-state index is 11.9. The summed E-state index contributed by atoms with van der Waals surface area (Å²) in [5.74, 6) is 0.0325. The van der Waals surface area contributed by atoms with Crippen LogP contribution in [0.3, 0.4) is 0 Å². The molecule has 2 N–H and O–H groups in total. The predicted molar refractivity (Wildman–Crippen MR) is 71.5 cm³/mol. The number of carbonyl (C=O) groups excluding carboxylic acids is 1. The minimum Gasteiger partial charge on any atom is -0.323 e. The van der Waals surface area contributed by atoms with Crippen molar-refractivity contribution < 1.29 is 4.79 Å². The van der Waals surface area contributed by atoms with E-state index >= 15 is 0 Å². The Morgan fingerprint density at radius 2 is 2.06 bits per heavy atom. The molecule has 86 valence electrons. The highest BCUT2D eigenvalue weighted by Crippen LogP contribution is 2.30. The van der Waals surface area contributed by atoms with Gasteiger partial charge in [0.15, 0.2) is 0 Å². The van der Waals surface area contributed by atoms with Crippen molar-refractivity contribution in [2.45, 2.75) is 18.9 Å². The molecule has 1 aromatic rings. The van der Waals surface area contributed by atoms with Crippen LogP contribution in [0.2, 0.25) is 0 Å². The molecule has 1 saturated heterocycles. The third kappa shape index (κ3) is 2.64. The number of anilines is 1. The van der Waals surface area contributed by atoms with Gasteiger partial charge in [0, 0.05) is 8.95 Å². The van der Waals surface area contributed by atoms with Crippen LogP contribution in [0.5, 0.6) is 0 Å². The van der Waals surface area contributed by atoms with Crippen LogP contribution in [-0.4, -0.2) is 18.5 Å². The van der Waals surface area contributed by atoms with Crippen molar-refractivity contribution in [3.8, 4) is 0 Å². The Kier molecular flexibility index (Phi) is 4.00. The average molecular weight is 348 g/mol. The quantitative estimate of drug-likeness (QED) is 0.863. The largest absolute Gasteiger partial charge is 0.323 e. The van der Waals surface area contributed by atoms with Crippen LogP contribution in [0.25, 0.3) is 0 Å². The molecular formula is C11H12Br2N2O. The minimum absolute atomic E-state index is 0.0325. The summed E-state index contributed by atoms with van der Waals surface area (Å²) in [6.45, 7) is 0.926. The van der Waals surface area contributed by atoms with Crippen LogP contribution in [0.4, 0.5) is 5.69 Å². The molecular weight excluding hydrogens is 336 g/mol. The normalized spacial score (nSPS) is 19.8. The fourth-order valence-electron chi connectivity index (χ4n) is 1.74. The first-order valence-electron chi connectivity index (χ1n) is 5.17. The van der Waals surface area contributed by atoms with Gasteiger partial charge in [-0.25, -0.2) is 0 Å². The molecule has 1 aromatic carbocycles. The molecule has 1 heterocycles. The Bertz CT molecular complexity index is 383. The first-order chi connectivity index (χ1) is 7.68. The number of halogens is 2. The molecule has 0 radical (unpaired) electrons. The van der Waals surface area contributed by atoms with Crippen LogP contribution in [0.1, 0.15) is 12.8 Å². The number of rotatable bonds is 2. The van der Waals surface area contributed by atoms with Gasteiger partial charge in [-0.05, 0) is 63.4 Å². The molecule has 5 heteroatoms. The summed E-state index contributed by atoms with van der Waals surface area (Å²) < 4.78 is 1.77. The van der Waals surface area contributed by atoms with Crippen molar-refractivity contribution in [2.24, 2.45) is 0 Å². The lowest BCUT2D eigenvalue weighted by Crippen LogP contribution is -2.35. The lowest BCUT2D eigenvalue weighted by atomic mass is 10.2. The molecule has 0 bridgehead atoms. The molecule has 1 fully saturated rings. The first kappa shape index (κ1) is 12.1. The Morgan fingerprint density at radius 3 is 2.62 bits per heavy atom. The topological polar surface area (TPSA) is 41.1 Å². The summed E-state index contributed by atoms with van der Waals surface area (Å²) in [6, 6.07) is 5.67. The van der Waals surface area contributed by atoms with Crippen LogP contribution in [0.15, 0.2) is 27.1 Å². The first-order valence-corrected chi connectivity index (χ1v) is 6.75. The molecule has 3 nitrogen and oxygen atoms in total. The molecule has 16 heavy (non-hydrogen) atoms. The van der Waals surface area contributed by atoms with Crippen molar-refractivity contribution in [3.63, 3.8) is 0 Å². The highest BCUT2D eigenvalue weighted by Gasteiger charge is 2.22. The molecule has 0 saturated carbocycles. The predicted octanol–water partition coefficient (Wildman–Crippen LogP) is 2.90. The van der Waals surface area contributed by atoms with Gasteiger partial charge in [-0.2, -0.15) is 0 Å². The van der Waals surface area contributed by atoms with Crippen molar-refractivity contribution in [3.05, 3.63) is 27.1 Å². The molecule has 0 aliphatic carbocycles. The number of carbonyl (C=O) groups is 1. The molecule has 1 aliphatic rings. The monoisotopic (exact) mass is 346 g/mol. The summed E-state index contributed by atoms with van der Waals surface area (Å²) in [5.41, 5.74) is 0.793. The van der Waals surface area contributed by atoms with E-state index in [-0.39, 0.29) is 11.9 Å². The van der Waals surface area contributed by atoms with Gasteiger partial charge in [0.1, 0.15) is 0 Å². The van der Waals surface area contributed by atoms with Crippen LogP contribution < -0.4 is 10.6 Å². The van der Waals surface area contributed by atoms with Gasteiger partial charge in [0.05, 0.1) is 11.7 Å². The van der Waals surface area contributed by atoms with Crippen molar-refractivity contribution >= 4 is 43.5 Å². The molecule has 1 atom stereocenters. The summed E-state index contributed by atoms with van der Waals surface area (Å²) in [6.07, 6.45) is 1.98. The number of hydrogen-bond acceptors (Lipinski definition) is 2. The Morgan fingerprint density at radius 1 is 1.38 bits per heavy atom. The molecule has 2 rings (SSSR count). The third-order valence-electron chi connectivity index (χ3n) is 2.59. The molecule has 1 amide bonds. The van der Waals surface area contributed by atoms with Gasteiger partial charge in [0.2, 0.25) is 5.91 Å². The zero-order chi connectivity index (χ0) is 11.5. The maximum absolute atomic E-state index is 11.9. The van der Waals surface area contributed by atoms with E-state index in [2.05, 4.69) is 42.5 Å². The Balaban J connectivity index is 2.11. The zero-order valence-corrected chi connectivity index (χ0v) is 11.8. The Labute approximate surface area is 111 Å². The van der Waals surface area contributed by atoms with E-state index in [0.29, 0.717) is 0 Å². The van der Waals surface area contributed by atoms with Crippen LogP contribution in [0, 0.1) is 0 Å². The second-order valence-electron chi connectivity index (χ2n) is 3.73. The summed E-state index contributed by atoms with van der Waals surface area (Å²) in [4.78, 5) is 11.9. The molecule has 1 aliphatic heterocycles. The van der Waals surface area contributed by atoms with Crippen LogP contribution in [-0.2, 0) is 4.79 Å². The lowest BCUT2D eigenvalue weighted by molar-refractivity contribution is -0.117. The molecule has 0 spiro atoms. The van der Waals surface area contributed by atoms with Crippen LogP contribution >= 0.6 is 31.9 Å². The van der Waals surface area contributed by atoms with Crippen molar-refractivity contribution in [1.29, 1.82) is 0 Å². The fourth-order valence-corrected chi connectivity index (χ4v) is 2.93. The molecule has 1 unspecified atom stereocenters. The van der Waals surface area contributed by atoms with E-state index in [1.807, 2.05) is 18.2 Å². The number of benzene rings is 1. The smallest absolute Gasteiger partial charge is 0.241 e. The fraction of sp³-hybridized carbons (Fsp3) is 0.364. The molecule has 0 aromatic heterocycles. The third-order valence-corrected chi connectivity index (χ3v) is 3.91. The van der Waals surface area contributed by atoms with Gasteiger partial charge in [-0.3, -0.25) is 4.79 Å². The SMILES string of the molecule is O=C(Nc1c(Br)cccc1Br)C1CCCN1. The number of nitrogens with one attached hydrogen (secondary N) is 2. The summed E-state index contributed by atoms with van der Waals surface area (Å²) in [5, 5.41) is 6.10. The van der Waals surface area contributed by atoms with E-state index < -0.39 is 0 Å². The average Bonchev–Trinajstić information content (AvgIpc) is 2.76. The van der Waals surface area contributed by atoms with Gasteiger partial charge in [0.25, 0.3) is 0 Å². The second kappa shape index (κ2) is 5.29. The summed E-state index contributed by atoms with van der Waals surface area (Å²) in [7, 11) is 0. The number of hydrogen-bond donors (Lipinski definition) is 2. The van der Waals surface area contributed by atoms with Gasteiger partial charge in [-0.1, -0.05) is 6.07 Å². The van der Waals surface area contributed by atoms with E-state index in [9.17, 15) is 4.79 Å².